The normalized spacial score (nSPS) is 11.1. The third kappa shape index (κ3) is 1.83. The van der Waals surface area contributed by atoms with E-state index in [0.29, 0.717) is 0 Å². The second kappa shape index (κ2) is 3.95. The van der Waals surface area contributed by atoms with Crippen LogP contribution in [0.4, 0.5) is 5.69 Å². The second-order valence-electron chi connectivity index (χ2n) is 3.90. The van der Waals surface area contributed by atoms with Crippen molar-refractivity contribution in [1.29, 1.82) is 0 Å². The minimum absolute atomic E-state index is 0.833. The number of hydrogen-bond donors (Lipinski definition) is 2. The van der Waals surface area contributed by atoms with Crippen molar-refractivity contribution in [3.05, 3.63) is 30.0 Å². The van der Waals surface area contributed by atoms with E-state index in [4.69, 9.17) is 5.73 Å². The summed E-state index contributed by atoms with van der Waals surface area (Å²) in [7, 11) is 4.04. The van der Waals surface area contributed by atoms with Gasteiger partial charge in [0.25, 0.3) is 0 Å². The van der Waals surface area contributed by atoms with Gasteiger partial charge in [0.15, 0.2) is 0 Å². The molecule has 0 spiro atoms. The first kappa shape index (κ1) is 10.1. The molecule has 0 aliphatic heterocycles. The van der Waals surface area contributed by atoms with Crippen molar-refractivity contribution >= 4 is 16.6 Å². The van der Waals surface area contributed by atoms with Crippen LogP contribution in [0, 0.1) is 0 Å². The molecule has 2 rings (SSSR count). The molecule has 0 aliphatic rings. The molecule has 1 aromatic heterocycles. The highest BCUT2D eigenvalue weighted by Crippen LogP contribution is 2.23. The van der Waals surface area contributed by atoms with E-state index in [2.05, 4.69) is 35.3 Å². The number of nitrogen functional groups attached to an aromatic ring is 1. The molecule has 80 valence electrons. The average molecular weight is 203 g/mol. The number of hydrogen-bond acceptors (Lipinski definition) is 2. The van der Waals surface area contributed by atoms with Crippen LogP contribution in [0.3, 0.4) is 0 Å². The molecule has 0 fully saturated rings. The van der Waals surface area contributed by atoms with Gasteiger partial charge in [-0.2, -0.15) is 0 Å². The average Bonchev–Trinajstić information content (AvgIpc) is 2.52. The number of fused-ring (bicyclic) bond motifs is 1. The van der Waals surface area contributed by atoms with Gasteiger partial charge in [0.2, 0.25) is 0 Å². The molecular formula is C12H17N3. The summed E-state index contributed by atoms with van der Waals surface area (Å²) in [6, 6.07) is 6.08. The molecule has 3 heteroatoms. The zero-order valence-corrected chi connectivity index (χ0v) is 9.25. The summed E-state index contributed by atoms with van der Waals surface area (Å²) in [4.78, 5) is 0. The van der Waals surface area contributed by atoms with Crippen molar-refractivity contribution < 1.29 is 0 Å². The molecule has 1 heterocycles. The van der Waals surface area contributed by atoms with E-state index in [-0.39, 0.29) is 0 Å². The Hall–Kier alpha value is -1.48. The van der Waals surface area contributed by atoms with Gasteiger partial charge in [-0.15, -0.1) is 0 Å². The fraction of sp³-hybridized carbons (Fsp3) is 0.333. The number of nitrogens with two attached hydrogens (primary N) is 1. The third-order valence-corrected chi connectivity index (χ3v) is 2.74. The van der Waals surface area contributed by atoms with Crippen LogP contribution in [0.2, 0.25) is 0 Å². The van der Waals surface area contributed by atoms with E-state index in [1.807, 2.05) is 13.1 Å². The van der Waals surface area contributed by atoms with Crippen molar-refractivity contribution in [1.82, 2.24) is 9.88 Å². The maximum absolute atomic E-state index is 5.81. The first-order chi connectivity index (χ1) is 7.22. The fourth-order valence-electron chi connectivity index (χ4n) is 1.95. The quantitative estimate of drug-likeness (QED) is 0.743. The monoisotopic (exact) mass is 203 g/mol. The number of rotatable bonds is 3. The molecule has 1 aromatic carbocycles. The lowest BCUT2D eigenvalue weighted by Crippen LogP contribution is -2.09. The maximum Gasteiger partial charge on any atom is 0.0482 e. The van der Waals surface area contributed by atoms with Gasteiger partial charge in [0.1, 0.15) is 0 Å². The first-order valence-electron chi connectivity index (χ1n) is 5.20. The van der Waals surface area contributed by atoms with Crippen molar-refractivity contribution in [2.45, 2.75) is 6.42 Å². The van der Waals surface area contributed by atoms with Gasteiger partial charge in [0, 0.05) is 29.8 Å². The smallest absolute Gasteiger partial charge is 0.0482 e. The van der Waals surface area contributed by atoms with Crippen LogP contribution in [0.25, 0.3) is 10.9 Å². The molecule has 3 nitrogen and oxygen atoms in total. The Balaban J connectivity index is 2.49. The Bertz CT molecular complexity index is 471. The van der Waals surface area contributed by atoms with Crippen LogP contribution in [0.5, 0.6) is 0 Å². The molecule has 15 heavy (non-hydrogen) atoms. The summed E-state index contributed by atoms with van der Waals surface area (Å²) in [6.45, 7) is 0.994. The number of nitrogens with zero attached hydrogens (tertiary/aromatic N) is 1. The van der Waals surface area contributed by atoms with E-state index in [1.54, 1.807) is 0 Å². The Kier molecular flexibility index (Phi) is 2.64. The highest BCUT2D eigenvalue weighted by atomic mass is 14.9. The lowest BCUT2D eigenvalue weighted by Gasteiger charge is -1.99. The van der Waals surface area contributed by atoms with Crippen LogP contribution >= 0.6 is 0 Å². The van der Waals surface area contributed by atoms with Gasteiger partial charge in [-0.1, -0.05) is 0 Å². The number of aryl methyl sites for hydroxylation is 1. The van der Waals surface area contributed by atoms with Crippen LogP contribution < -0.4 is 11.1 Å². The summed E-state index contributed by atoms with van der Waals surface area (Å²) in [5, 5.41) is 4.44. The zero-order valence-electron chi connectivity index (χ0n) is 9.25. The molecule has 0 saturated carbocycles. The van der Waals surface area contributed by atoms with Crippen molar-refractivity contribution in [3.63, 3.8) is 0 Å². The van der Waals surface area contributed by atoms with E-state index in [9.17, 15) is 0 Å². The molecule has 0 radical (unpaired) electrons. The predicted octanol–water partition coefficient (Wildman–Crippen LogP) is 1.52. The van der Waals surface area contributed by atoms with Crippen LogP contribution in [0.15, 0.2) is 24.4 Å². The van der Waals surface area contributed by atoms with E-state index in [0.717, 1.165) is 18.7 Å². The summed E-state index contributed by atoms with van der Waals surface area (Å²) >= 11 is 0. The Labute approximate surface area is 89.9 Å². The summed E-state index contributed by atoms with van der Waals surface area (Å²) in [6.07, 6.45) is 3.22. The topological polar surface area (TPSA) is 43.0 Å². The highest BCUT2D eigenvalue weighted by Gasteiger charge is 2.05. The van der Waals surface area contributed by atoms with Crippen LogP contribution in [0.1, 0.15) is 5.56 Å². The molecular weight excluding hydrogens is 186 g/mol. The van der Waals surface area contributed by atoms with E-state index < -0.39 is 0 Å². The molecule has 0 saturated heterocycles. The van der Waals surface area contributed by atoms with Crippen molar-refractivity contribution in [2.24, 2.45) is 7.05 Å². The number of anilines is 1. The van der Waals surface area contributed by atoms with Gasteiger partial charge in [-0.05, 0) is 43.8 Å². The molecule has 0 aliphatic carbocycles. The van der Waals surface area contributed by atoms with Gasteiger partial charge in [0.05, 0.1) is 0 Å². The standard InChI is InChI=1S/C12H17N3/c1-14-6-5-9-8-15(2)12-4-3-10(13)7-11(9)12/h3-4,7-8,14H,5-6,13H2,1-2H3. The van der Waals surface area contributed by atoms with Crippen LogP contribution in [-0.4, -0.2) is 18.2 Å². The maximum atomic E-state index is 5.81. The van der Waals surface area contributed by atoms with Crippen molar-refractivity contribution in [3.8, 4) is 0 Å². The number of benzene rings is 1. The van der Waals surface area contributed by atoms with Crippen LogP contribution in [-0.2, 0) is 13.5 Å². The SMILES string of the molecule is CNCCc1cn(C)c2ccc(N)cc12. The first-order valence-corrected chi connectivity index (χ1v) is 5.20. The summed E-state index contributed by atoms with van der Waals surface area (Å²) in [5.41, 5.74) is 9.24. The molecule has 0 unspecified atom stereocenters. The lowest BCUT2D eigenvalue weighted by molar-refractivity contribution is 0.791. The highest BCUT2D eigenvalue weighted by molar-refractivity contribution is 5.86. The third-order valence-electron chi connectivity index (χ3n) is 2.74. The number of nitrogens with one attached hydrogen (secondary N) is 1. The minimum atomic E-state index is 0.833. The molecule has 2 aromatic rings. The van der Waals surface area contributed by atoms with E-state index in [1.165, 1.54) is 16.5 Å². The second-order valence-corrected chi connectivity index (χ2v) is 3.90. The Morgan fingerprint density at radius 2 is 2.20 bits per heavy atom. The predicted molar refractivity (Wildman–Crippen MR) is 65.0 cm³/mol. The van der Waals surface area contributed by atoms with Gasteiger partial charge in [-0.25, -0.2) is 0 Å². The summed E-state index contributed by atoms with van der Waals surface area (Å²) in [5.74, 6) is 0. The zero-order chi connectivity index (χ0) is 10.8. The number of aromatic nitrogens is 1. The van der Waals surface area contributed by atoms with Gasteiger partial charge >= 0.3 is 0 Å². The molecule has 3 N–H and O–H groups in total. The molecule has 0 bridgehead atoms. The number of likely N-dealkylation sites (N-methyl/N-ethyl adjacent to an activating group) is 1. The van der Waals surface area contributed by atoms with Gasteiger partial charge in [-0.3, -0.25) is 0 Å². The van der Waals surface area contributed by atoms with Crippen molar-refractivity contribution in [2.75, 3.05) is 19.3 Å². The minimum Gasteiger partial charge on any atom is -0.399 e. The fourth-order valence-corrected chi connectivity index (χ4v) is 1.95. The Morgan fingerprint density at radius 1 is 1.40 bits per heavy atom. The molecule has 0 atom stereocenters. The Morgan fingerprint density at radius 3 is 2.93 bits per heavy atom. The largest absolute Gasteiger partial charge is 0.399 e. The van der Waals surface area contributed by atoms with Gasteiger partial charge < -0.3 is 15.6 Å². The molecule has 0 amide bonds. The lowest BCUT2D eigenvalue weighted by atomic mass is 10.1. The van der Waals surface area contributed by atoms with E-state index >= 15 is 0 Å². The summed E-state index contributed by atoms with van der Waals surface area (Å²) < 4.78 is 2.15.